The van der Waals surface area contributed by atoms with Gasteiger partial charge in [-0.25, -0.2) is 24.4 Å². The molecule has 0 unspecified atom stereocenters. The normalized spacial score (nSPS) is 14.4. The number of aromatic nitrogens is 4. The lowest BCUT2D eigenvalue weighted by Crippen LogP contribution is -2.59. The van der Waals surface area contributed by atoms with E-state index in [9.17, 15) is 14.4 Å². The summed E-state index contributed by atoms with van der Waals surface area (Å²) in [6, 6.07) is 7.15. The van der Waals surface area contributed by atoms with E-state index in [0.29, 0.717) is 10.7 Å². The van der Waals surface area contributed by atoms with Gasteiger partial charge in [-0.3, -0.25) is 18.7 Å². The zero-order chi connectivity index (χ0) is 20.2. The summed E-state index contributed by atoms with van der Waals surface area (Å²) >= 11 is 0. The summed E-state index contributed by atoms with van der Waals surface area (Å²) in [6.07, 6.45) is 1.29. The molecule has 0 fully saturated rings. The molecule has 0 saturated carbocycles. The van der Waals surface area contributed by atoms with Crippen LogP contribution < -0.4 is 32.7 Å². The highest BCUT2D eigenvalue weighted by Gasteiger charge is 2.41. The number of imidazole rings is 1. The summed E-state index contributed by atoms with van der Waals surface area (Å²) in [5, 5.41) is 2.36. The van der Waals surface area contributed by atoms with E-state index in [-0.39, 0.29) is 17.7 Å². The van der Waals surface area contributed by atoms with Crippen LogP contribution in [0.4, 0.5) is 0 Å². The number of nitrogens with zero attached hydrogens (tertiary/aromatic N) is 7. The predicted octanol–water partition coefficient (Wildman–Crippen LogP) is -2.52. The van der Waals surface area contributed by atoms with Crippen molar-refractivity contribution in [2.45, 2.75) is 12.7 Å². The smallest absolute Gasteiger partial charge is 0.325 e. The Labute approximate surface area is 157 Å². The first-order valence-corrected chi connectivity index (χ1v) is 8.50. The molecular formula is C17H18N8O3. The van der Waals surface area contributed by atoms with Gasteiger partial charge in [-0.15, -0.1) is 0 Å². The van der Waals surface area contributed by atoms with Crippen molar-refractivity contribution in [2.75, 3.05) is 11.6 Å². The van der Waals surface area contributed by atoms with Crippen LogP contribution in [0.1, 0.15) is 6.92 Å². The number of amides is 1. The van der Waals surface area contributed by atoms with Crippen LogP contribution in [0.5, 0.6) is 0 Å². The van der Waals surface area contributed by atoms with Crippen LogP contribution in [0.2, 0.25) is 0 Å². The molecule has 0 radical (unpaired) electrons. The number of benzene rings is 1. The van der Waals surface area contributed by atoms with Gasteiger partial charge in [0, 0.05) is 21.0 Å². The summed E-state index contributed by atoms with van der Waals surface area (Å²) in [5.41, 5.74) is 5.08. The van der Waals surface area contributed by atoms with Crippen LogP contribution in [-0.4, -0.2) is 37.0 Å². The van der Waals surface area contributed by atoms with Crippen molar-refractivity contribution >= 4 is 17.1 Å². The van der Waals surface area contributed by atoms with E-state index in [4.69, 9.17) is 5.73 Å². The number of hydrogen-bond donors (Lipinski definition) is 1. The summed E-state index contributed by atoms with van der Waals surface area (Å²) in [6.45, 7) is 1.21. The van der Waals surface area contributed by atoms with Crippen molar-refractivity contribution in [1.29, 1.82) is 0 Å². The Bertz CT molecular complexity index is 1330. The Morgan fingerprint density at radius 3 is 2.29 bits per heavy atom. The third kappa shape index (κ3) is 2.26. The van der Waals surface area contributed by atoms with E-state index in [1.54, 1.807) is 24.3 Å². The zero-order valence-corrected chi connectivity index (χ0v) is 15.5. The molecule has 2 N–H and O–H groups in total. The molecule has 4 rings (SSSR count). The highest BCUT2D eigenvalue weighted by molar-refractivity contribution is 5.87. The third-order valence-electron chi connectivity index (χ3n) is 4.74. The van der Waals surface area contributed by atoms with Crippen molar-refractivity contribution < 1.29 is 4.79 Å². The molecule has 144 valence electrons. The maximum Gasteiger partial charge on any atom is 0.332 e. The Morgan fingerprint density at radius 1 is 1.14 bits per heavy atom. The average Bonchev–Trinajstić information content (AvgIpc) is 3.27. The molecule has 0 atom stereocenters. The highest BCUT2D eigenvalue weighted by atomic mass is 16.2. The number of para-hydroxylation sites is 2. The van der Waals surface area contributed by atoms with Crippen molar-refractivity contribution in [3.05, 3.63) is 62.1 Å². The lowest BCUT2D eigenvalue weighted by Gasteiger charge is -2.34. The first-order chi connectivity index (χ1) is 13.3. The van der Waals surface area contributed by atoms with Crippen LogP contribution in [0.15, 0.2) is 50.2 Å². The van der Waals surface area contributed by atoms with Crippen molar-refractivity contribution in [3.63, 3.8) is 0 Å². The third-order valence-corrected chi connectivity index (χ3v) is 4.74. The fraction of sp³-hybridized carbons (Fsp3) is 0.294. The van der Waals surface area contributed by atoms with Gasteiger partial charge < -0.3 is 5.73 Å². The first kappa shape index (κ1) is 17.8. The second-order valence-corrected chi connectivity index (χ2v) is 6.49. The summed E-state index contributed by atoms with van der Waals surface area (Å²) < 4.78 is 3.45. The molecule has 0 saturated heterocycles. The minimum absolute atomic E-state index is 0.0500. The molecule has 1 aliphatic heterocycles. The van der Waals surface area contributed by atoms with Gasteiger partial charge in [-0.1, -0.05) is 12.1 Å². The lowest BCUT2D eigenvalue weighted by atomic mass is 10.3. The molecule has 3 heterocycles. The van der Waals surface area contributed by atoms with E-state index < -0.39 is 22.9 Å². The molecule has 1 aliphatic rings. The topological polar surface area (TPSA) is 133 Å². The van der Waals surface area contributed by atoms with E-state index in [0.717, 1.165) is 4.57 Å². The first-order valence-electron chi connectivity index (χ1n) is 8.50. The molecule has 3 aromatic rings. The van der Waals surface area contributed by atoms with E-state index in [2.05, 4.69) is 15.0 Å². The standard InChI is InChI=1S/C17H18N8O3/c1-10(26)25(17(8-18)20-11-6-4-5-7-12(11)21-17)24-9-19-14-13(24)15(27)23(3)16(28)22(14)2/h4-7,9H,8,18H2,1-3H3. The van der Waals surface area contributed by atoms with Gasteiger partial charge in [0.15, 0.2) is 11.2 Å². The Hall–Kier alpha value is -3.60. The summed E-state index contributed by atoms with van der Waals surface area (Å²) in [4.78, 5) is 50.9. The minimum Gasteiger partial charge on any atom is -0.325 e. The quantitative estimate of drug-likeness (QED) is 0.534. The van der Waals surface area contributed by atoms with Crippen molar-refractivity contribution in [2.24, 2.45) is 29.8 Å². The summed E-state index contributed by atoms with van der Waals surface area (Å²) in [5.74, 6) is -1.91. The van der Waals surface area contributed by atoms with Gasteiger partial charge in [0.05, 0.1) is 17.3 Å². The number of fused-ring (bicyclic) bond motifs is 2. The van der Waals surface area contributed by atoms with Crippen molar-refractivity contribution in [1.82, 2.24) is 18.8 Å². The van der Waals surface area contributed by atoms with Gasteiger partial charge >= 0.3 is 5.69 Å². The van der Waals surface area contributed by atoms with Crippen LogP contribution in [0, 0.1) is 0 Å². The number of carbonyl (C=O) groups is 1. The van der Waals surface area contributed by atoms with Gasteiger partial charge in [-0.2, -0.15) is 5.01 Å². The number of carbonyl (C=O) groups excluding carboxylic acids is 1. The second kappa shape index (κ2) is 5.96. The molecule has 11 nitrogen and oxygen atoms in total. The van der Waals surface area contributed by atoms with Crippen LogP contribution >= 0.6 is 0 Å². The fourth-order valence-corrected chi connectivity index (χ4v) is 3.40. The molecule has 1 amide bonds. The van der Waals surface area contributed by atoms with Gasteiger partial charge in [0.1, 0.15) is 6.33 Å². The number of rotatable bonds is 3. The van der Waals surface area contributed by atoms with E-state index in [1.807, 2.05) is 0 Å². The van der Waals surface area contributed by atoms with Crippen LogP contribution in [0.3, 0.4) is 0 Å². The predicted molar refractivity (Wildman–Crippen MR) is 99.7 cm³/mol. The largest absolute Gasteiger partial charge is 0.332 e. The lowest BCUT2D eigenvalue weighted by molar-refractivity contribution is -0.119. The van der Waals surface area contributed by atoms with Crippen LogP contribution in [-0.2, 0) is 18.9 Å². The molecule has 1 aromatic carbocycles. The van der Waals surface area contributed by atoms with Gasteiger partial charge in [0.25, 0.3) is 11.3 Å². The number of aryl methyl sites for hydroxylation is 1. The number of hydrogen-bond acceptors (Lipinski definition) is 7. The molecule has 0 spiro atoms. The zero-order valence-electron chi connectivity index (χ0n) is 15.5. The van der Waals surface area contributed by atoms with E-state index >= 15 is 0 Å². The van der Waals surface area contributed by atoms with Crippen LogP contribution in [0.25, 0.3) is 11.2 Å². The summed E-state index contributed by atoms with van der Waals surface area (Å²) in [7, 11) is 2.86. The van der Waals surface area contributed by atoms with Gasteiger partial charge in [0.2, 0.25) is 5.91 Å². The second-order valence-electron chi connectivity index (χ2n) is 6.49. The molecule has 28 heavy (non-hydrogen) atoms. The number of nitrogens with two attached hydrogens (primary N) is 1. The Balaban J connectivity index is 2.06. The Kier molecular flexibility index (Phi) is 3.79. The minimum atomic E-state index is -1.47. The molecule has 2 aromatic heterocycles. The molecular weight excluding hydrogens is 364 g/mol. The monoisotopic (exact) mass is 382 g/mol. The maximum atomic E-state index is 12.8. The molecule has 11 heteroatoms. The SMILES string of the molecule is CC(=O)N(n1cnc2c1c(=O)n(C)c(=O)n2C)C1(CN)N=c2ccccc2=N1. The van der Waals surface area contributed by atoms with Crippen molar-refractivity contribution in [3.8, 4) is 0 Å². The highest BCUT2D eigenvalue weighted by Crippen LogP contribution is 2.20. The Morgan fingerprint density at radius 2 is 1.75 bits per heavy atom. The molecule has 0 bridgehead atoms. The fourth-order valence-electron chi connectivity index (χ4n) is 3.40. The molecule has 0 aliphatic carbocycles. The maximum absolute atomic E-state index is 12.8. The van der Waals surface area contributed by atoms with E-state index in [1.165, 1.54) is 41.6 Å². The average molecular weight is 382 g/mol. The van der Waals surface area contributed by atoms with Gasteiger partial charge in [-0.05, 0) is 12.1 Å².